The van der Waals surface area contributed by atoms with Crippen LogP contribution in [0.2, 0.25) is 0 Å². The molecule has 0 heterocycles. The predicted octanol–water partition coefficient (Wildman–Crippen LogP) is 3.18. The fraction of sp³-hybridized carbons (Fsp3) is 0.900. The topological polar surface area (TPSA) is 17.1 Å². The zero-order valence-corrected chi connectivity index (χ0v) is 7.98. The van der Waals surface area contributed by atoms with Crippen LogP contribution < -0.4 is 0 Å². The van der Waals surface area contributed by atoms with E-state index in [-0.39, 0.29) is 12.8 Å². The van der Waals surface area contributed by atoms with Gasteiger partial charge in [-0.05, 0) is 12.8 Å². The van der Waals surface area contributed by atoms with Crippen molar-refractivity contribution in [1.82, 2.24) is 0 Å². The van der Waals surface area contributed by atoms with Gasteiger partial charge in [0.25, 0.3) is 0 Å². The normalized spacial score (nSPS) is 31.9. The van der Waals surface area contributed by atoms with Crippen molar-refractivity contribution in [2.75, 3.05) is 0 Å². The van der Waals surface area contributed by atoms with Gasteiger partial charge in [0, 0.05) is 18.3 Å². The van der Waals surface area contributed by atoms with Gasteiger partial charge in [0.1, 0.15) is 6.29 Å². The zero-order chi connectivity index (χ0) is 9.95. The summed E-state index contributed by atoms with van der Waals surface area (Å²) in [4.78, 5) is 10.8. The molecule has 1 fully saturated rings. The maximum atomic E-state index is 12.9. The Morgan fingerprint density at radius 1 is 1.38 bits per heavy atom. The second-order valence-corrected chi connectivity index (χ2v) is 4.12. The number of hydrogen-bond acceptors (Lipinski definition) is 1. The lowest BCUT2D eigenvalue weighted by atomic mass is 9.82. The van der Waals surface area contributed by atoms with Crippen molar-refractivity contribution in [3.63, 3.8) is 0 Å². The van der Waals surface area contributed by atoms with Gasteiger partial charge in [0.15, 0.2) is 0 Å². The van der Waals surface area contributed by atoms with E-state index in [1.807, 2.05) is 6.92 Å². The lowest BCUT2D eigenvalue weighted by Crippen LogP contribution is -2.21. The lowest BCUT2D eigenvalue weighted by Gasteiger charge is -2.21. The fourth-order valence-corrected chi connectivity index (χ4v) is 2.03. The summed E-state index contributed by atoms with van der Waals surface area (Å²) < 4.78 is 25.8. The van der Waals surface area contributed by atoms with Crippen LogP contribution in [0.15, 0.2) is 0 Å². The van der Waals surface area contributed by atoms with Crippen molar-refractivity contribution in [2.45, 2.75) is 51.4 Å². The molecule has 1 rings (SSSR count). The van der Waals surface area contributed by atoms with Crippen molar-refractivity contribution in [1.29, 1.82) is 0 Å². The maximum absolute atomic E-state index is 12.9. The second kappa shape index (κ2) is 3.72. The number of carbonyl (C=O) groups is 1. The molecule has 1 unspecified atom stereocenters. The first kappa shape index (κ1) is 10.6. The number of unbranched alkanes of at least 4 members (excludes halogenated alkanes) is 1. The minimum atomic E-state index is -2.60. The van der Waals surface area contributed by atoms with Crippen LogP contribution in [0.4, 0.5) is 8.78 Å². The van der Waals surface area contributed by atoms with E-state index in [1.165, 1.54) is 0 Å². The van der Waals surface area contributed by atoms with Gasteiger partial charge < -0.3 is 4.79 Å². The van der Waals surface area contributed by atoms with E-state index in [0.717, 1.165) is 19.1 Å². The van der Waals surface area contributed by atoms with Crippen molar-refractivity contribution >= 4 is 6.29 Å². The van der Waals surface area contributed by atoms with Gasteiger partial charge in [0.05, 0.1) is 0 Å². The average Bonchev–Trinajstić information content (AvgIpc) is 2.40. The largest absolute Gasteiger partial charge is 0.303 e. The number of carbonyl (C=O) groups excluding carboxylic acids is 1. The van der Waals surface area contributed by atoms with Gasteiger partial charge in [-0.1, -0.05) is 19.8 Å². The molecule has 76 valence electrons. The highest BCUT2D eigenvalue weighted by Gasteiger charge is 2.48. The van der Waals surface area contributed by atoms with Crippen molar-refractivity contribution < 1.29 is 13.6 Å². The van der Waals surface area contributed by atoms with Crippen LogP contribution in [-0.4, -0.2) is 12.2 Å². The molecule has 0 saturated heterocycles. The first-order valence-electron chi connectivity index (χ1n) is 4.88. The predicted molar refractivity (Wildman–Crippen MR) is 46.8 cm³/mol. The molecule has 1 aliphatic carbocycles. The van der Waals surface area contributed by atoms with E-state index in [0.29, 0.717) is 12.8 Å². The molecule has 1 atom stereocenters. The number of rotatable bonds is 4. The van der Waals surface area contributed by atoms with Crippen LogP contribution in [0.5, 0.6) is 0 Å². The van der Waals surface area contributed by atoms with Gasteiger partial charge in [-0.3, -0.25) is 0 Å². The average molecular weight is 190 g/mol. The molecule has 0 spiro atoms. The first-order chi connectivity index (χ1) is 6.04. The third-order valence-electron chi connectivity index (χ3n) is 2.88. The zero-order valence-electron chi connectivity index (χ0n) is 7.98. The molecule has 0 bridgehead atoms. The van der Waals surface area contributed by atoms with Crippen LogP contribution in [0.3, 0.4) is 0 Å². The second-order valence-electron chi connectivity index (χ2n) is 4.12. The Labute approximate surface area is 77.5 Å². The Morgan fingerprint density at radius 3 is 2.46 bits per heavy atom. The van der Waals surface area contributed by atoms with Crippen LogP contribution in [0.25, 0.3) is 0 Å². The van der Waals surface area contributed by atoms with E-state index in [1.54, 1.807) is 0 Å². The van der Waals surface area contributed by atoms with E-state index < -0.39 is 11.3 Å². The quantitative estimate of drug-likeness (QED) is 0.622. The van der Waals surface area contributed by atoms with Crippen LogP contribution in [-0.2, 0) is 4.79 Å². The molecular formula is C10H16F2O. The SMILES string of the molecule is CCCCC1(C=O)CCC(F)(F)C1. The molecule has 3 heteroatoms. The lowest BCUT2D eigenvalue weighted by molar-refractivity contribution is -0.118. The highest BCUT2D eigenvalue weighted by Crippen LogP contribution is 2.48. The smallest absolute Gasteiger partial charge is 0.249 e. The minimum absolute atomic E-state index is 0.116. The first-order valence-corrected chi connectivity index (χ1v) is 4.88. The highest BCUT2D eigenvalue weighted by molar-refractivity contribution is 5.60. The standard InChI is InChI=1S/C10H16F2O/c1-2-3-4-9(8-13)5-6-10(11,12)7-9/h8H,2-7H2,1H3. The molecule has 0 aromatic heterocycles. The molecule has 1 saturated carbocycles. The van der Waals surface area contributed by atoms with Crippen LogP contribution in [0, 0.1) is 5.41 Å². The third kappa shape index (κ3) is 2.48. The number of halogens is 2. The van der Waals surface area contributed by atoms with Gasteiger partial charge in [-0.25, -0.2) is 8.78 Å². The Hall–Kier alpha value is -0.470. The Morgan fingerprint density at radius 2 is 2.08 bits per heavy atom. The van der Waals surface area contributed by atoms with Gasteiger partial charge in [0.2, 0.25) is 5.92 Å². The maximum Gasteiger partial charge on any atom is 0.249 e. The molecule has 13 heavy (non-hydrogen) atoms. The summed E-state index contributed by atoms with van der Waals surface area (Å²) in [5.41, 5.74) is -0.709. The molecule has 1 aliphatic rings. The molecule has 0 aromatic carbocycles. The summed E-state index contributed by atoms with van der Waals surface area (Å²) in [6.45, 7) is 2.01. The minimum Gasteiger partial charge on any atom is -0.303 e. The molecule has 0 aliphatic heterocycles. The van der Waals surface area contributed by atoms with Crippen molar-refractivity contribution in [2.24, 2.45) is 5.41 Å². The van der Waals surface area contributed by atoms with Crippen LogP contribution >= 0.6 is 0 Å². The van der Waals surface area contributed by atoms with Gasteiger partial charge in [-0.15, -0.1) is 0 Å². The molecule has 0 radical (unpaired) electrons. The summed E-state index contributed by atoms with van der Waals surface area (Å²) in [5, 5.41) is 0. The number of hydrogen-bond donors (Lipinski definition) is 0. The third-order valence-corrected chi connectivity index (χ3v) is 2.88. The summed E-state index contributed by atoms with van der Waals surface area (Å²) in [6.07, 6.45) is 3.23. The summed E-state index contributed by atoms with van der Waals surface area (Å²) in [6, 6.07) is 0. The molecule has 0 N–H and O–H groups in total. The van der Waals surface area contributed by atoms with Crippen LogP contribution in [0.1, 0.15) is 45.4 Å². The molecule has 0 aromatic rings. The summed E-state index contributed by atoms with van der Waals surface area (Å²) in [7, 11) is 0. The fourth-order valence-electron chi connectivity index (χ4n) is 2.03. The van der Waals surface area contributed by atoms with Gasteiger partial charge in [-0.2, -0.15) is 0 Å². The summed E-state index contributed by atoms with van der Waals surface area (Å²) >= 11 is 0. The Bertz CT molecular complexity index is 191. The Balaban J connectivity index is 2.57. The Kier molecular flexibility index (Phi) is 3.04. The molecule has 0 amide bonds. The number of alkyl halides is 2. The van der Waals surface area contributed by atoms with E-state index in [2.05, 4.69) is 0 Å². The van der Waals surface area contributed by atoms with Crippen molar-refractivity contribution in [3.05, 3.63) is 0 Å². The van der Waals surface area contributed by atoms with E-state index >= 15 is 0 Å². The summed E-state index contributed by atoms with van der Waals surface area (Å²) in [5.74, 6) is -2.60. The number of aldehydes is 1. The van der Waals surface area contributed by atoms with Crippen molar-refractivity contribution in [3.8, 4) is 0 Å². The van der Waals surface area contributed by atoms with E-state index in [9.17, 15) is 13.6 Å². The highest BCUT2D eigenvalue weighted by atomic mass is 19.3. The van der Waals surface area contributed by atoms with E-state index in [4.69, 9.17) is 0 Å². The monoisotopic (exact) mass is 190 g/mol. The molecule has 1 nitrogen and oxygen atoms in total. The molecular weight excluding hydrogens is 174 g/mol. The van der Waals surface area contributed by atoms with Gasteiger partial charge >= 0.3 is 0 Å².